The van der Waals surface area contributed by atoms with Gasteiger partial charge >= 0.3 is 5.97 Å². The van der Waals surface area contributed by atoms with Gasteiger partial charge in [-0.25, -0.2) is 9.18 Å². The van der Waals surface area contributed by atoms with E-state index in [9.17, 15) is 14.0 Å². The molecule has 1 aliphatic rings. The zero-order chi connectivity index (χ0) is 15.3. The molecule has 0 heterocycles. The molecule has 0 radical (unpaired) electrons. The van der Waals surface area contributed by atoms with Gasteiger partial charge in [-0.2, -0.15) is 0 Å². The Balaban J connectivity index is 1.69. The SMILES string of the molecule is O=C(CCCOc1cccc(F)c1)NC1(C(=O)O)CCC1. The number of carboxylic acid groups (broad SMARTS) is 1. The van der Waals surface area contributed by atoms with Crippen LogP contribution in [0.5, 0.6) is 5.75 Å². The summed E-state index contributed by atoms with van der Waals surface area (Å²) in [5.74, 6) is -1.23. The zero-order valence-corrected chi connectivity index (χ0v) is 11.6. The highest BCUT2D eigenvalue weighted by Crippen LogP contribution is 2.32. The van der Waals surface area contributed by atoms with Crippen molar-refractivity contribution >= 4 is 11.9 Å². The van der Waals surface area contributed by atoms with Crippen molar-refractivity contribution < 1.29 is 23.8 Å². The normalized spacial score (nSPS) is 15.9. The van der Waals surface area contributed by atoms with Crippen LogP contribution in [-0.2, 0) is 9.59 Å². The number of ether oxygens (including phenoxy) is 1. The van der Waals surface area contributed by atoms with Gasteiger partial charge in [-0.3, -0.25) is 4.79 Å². The van der Waals surface area contributed by atoms with Gasteiger partial charge < -0.3 is 15.2 Å². The quantitative estimate of drug-likeness (QED) is 0.755. The van der Waals surface area contributed by atoms with Crippen molar-refractivity contribution in [3.8, 4) is 5.75 Å². The molecule has 1 fully saturated rings. The largest absolute Gasteiger partial charge is 0.493 e. The summed E-state index contributed by atoms with van der Waals surface area (Å²) in [5.41, 5.74) is -1.07. The Kier molecular flexibility index (Phi) is 4.77. The van der Waals surface area contributed by atoms with Crippen LogP contribution in [-0.4, -0.2) is 29.1 Å². The fourth-order valence-electron chi connectivity index (χ4n) is 2.23. The van der Waals surface area contributed by atoms with Gasteiger partial charge in [-0.1, -0.05) is 6.07 Å². The molecule has 0 bridgehead atoms. The van der Waals surface area contributed by atoms with Crippen molar-refractivity contribution in [2.75, 3.05) is 6.61 Å². The number of carbonyl (C=O) groups excluding carboxylic acids is 1. The molecule has 21 heavy (non-hydrogen) atoms. The Bertz CT molecular complexity index is 528. The van der Waals surface area contributed by atoms with E-state index in [-0.39, 0.29) is 24.8 Å². The summed E-state index contributed by atoms with van der Waals surface area (Å²) in [5, 5.41) is 11.7. The van der Waals surface area contributed by atoms with Gasteiger partial charge in [0, 0.05) is 12.5 Å². The molecule has 0 saturated heterocycles. The third-order valence-corrected chi connectivity index (χ3v) is 3.61. The lowest BCUT2D eigenvalue weighted by molar-refractivity contribution is -0.151. The van der Waals surface area contributed by atoms with Crippen LogP contribution in [0.2, 0.25) is 0 Å². The molecular weight excluding hydrogens is 277 g/mol. The number of carbonyl (C=O) groups is 2. The van der Waals surface area contributed by atoms with Crippen molar-refractivity contribution in [3.05, 3.63) is 30.1 Å². The molecule has 114 valence electrons. The smallest absolute Gasteiger partial charge is 0.329 e. The van der Waals surface area contributed by atoms with Gasteiger partial charge in [0.15, 0.2) is 0 Å². The van der Waals surface area contributed by atoms with Crippen LogP contribution in [0.4, 0.5) is 4.39 Å². The van der Waals surface area contributed by atoms with Gasteiger partial charge in [-0.15, -0.1) is 0 Å². The molecular formula is C15H18FNO4. The summed E-state index contributed by atoms with van der Waals surface area (Å²) in [6, 6.07) is 5.78. The number of nitrogens with one attached hydrogen (secondary N) is 1. The minimum atomic E-state index is -1.07. The molecule has 1 amide bonds. The summed E-state index contributed by atoms with van der Waals surface area (Å²) in [6.07, 6.45) is 2.40. The van der Waals surface area contributed by atoms with E-state index >= 15 is 0 Å². The molecule has 2 N–H and O–H groups in total. The van der Waals surface area contributed by atoms with E-state index in [0.29, 0.717) is 25.0 Å². The number of rotatable bonds is 7. The third kappa shape index (κ3) is 3.93. The molecule has 0 unspecified atom stereocenters. The molecule has 1 aliphatic carbocycles. The first-order valence-corrected chi connectivity index (χ1v) is 6.95. The van der Waals surface area contributed by atoms with Gasteiger partial charge in [0.1, 0.15) is 17.1 Å². The molecule has 1 aromatic rings. The minimum absolute atomic E-state index is 0.185. The number of hydrogen-bond donors (Lipinski definition) is 2. The second-order valence-electron chi connectivity index (χ2n) is 5.20. The van der Waals surface area contributed by atoms with Crippen LogP contribution in [0, 0.1) is 5.82 Å². The Labute approximate surface area is 122 Å². The molecule has 6 heteroatoms. The van der Waals surface area contributed by atoms with Crippen molar-refractivity contribution in [3.63, 3.8) is 0 Å². The van der Waals surface area contributed by atoms with E-state index in [2.05, 4.69) is 5.32 Å². The topological polar surface area (TPSA) is 75.6 Å². The fourth-order valence-corrected chi connectivity index (χ4v) is 2.23. The third-order valence-electron chi connectivity index (χ3n) is 3.61. The van der Waals surface area contributed by atoms with E-state index in [1.807, 2.05) is 0 Å². The van der Waals surface area contributed by atoms with Gasteiger partial charge in [0.2, 0.25) is 5.91 Å². The highest BCUT2D eigenvalue weighted by Gasteiger charge is 2.45. The summed E-state index contributed by atoms with van der Waals surface area (Å²) < 4.78 is 18.2. The molecule has 0 spiro atoms. The zero-order valence-electron chi connectivity index (χ0n) is 11.6. The van der Waals surface area contributed by atoms with Crippen molar-refractivity contribution in [1.82, 2.24) is 5.32 Å². The molecule has 0 aliphatic heterocycles. The van der Waals surface area contributed by atoms with E-state index in [4.69, 9.17) is 9.84 Å². The van der Waals surface area contributed by atoms with Crippen LogP contribution < -0.4 is 10.1 Å². The fraction of sp³-hybridized carbons (Fsp3) is 0.467. The van der Waals surface area contributed by atoms with Crippen LogP contribution in [0.15, 0.2) is 24.3 Å². The van der Waals surface area contributed by atoms with Gasteiger partial charge in [-0.05, 0) is 37.8 Å². The van der Waals surface area contributed by atoms with Crippen molar-refractivity contribution in [2.45, 2.75) is 37.6 Å². The summed E-state index contributed by atoms with van der Waals surface area (Å²) in [7, 11) is 0. The lowest BCUT2D eigenvalue weighted by Crippen LogP contribution is -2.59. The summed E-state index contributed by atoms with van der Waals surface area (Å²) in [4.78, 5) is 22.8. The van der Waals surface area contributed by atoms with Crippen LogP contribution >= 0.6 is 0 Å². The Morgan fingerprint density at radius 2 is 2.14 bits per heavy atom. The average molecular weight is 295 g/mol. The minimum Gasteiger partial charge on any atom is -0.493 e. The Morgan fingerprint density at radius 3 is 2.71 bits per heavy atom. The first kappa shape index (κ1) is 15.3. The number of amides is 1. The maximum absolute atomic E-state index is 12.9. The predicted octanol–water partition coefficient (Wildman–Crippen LogP) is 2.11. The lowest BCUT2D eigenvalue weighted by atomic mass is 9.76. The van der Waals surface area contributed by atoms with Gasteiger partial charge in [0.25, 0.3) is 0 Å². The molecule has 0 aromatic heterocycles. The van der Waals surface area contributed by atoms with E-state index in [1.165, 1.54) is 12.1 Å². The summed E-state index contributed by atoms with van der Waals surface area (Å²) in [6.45, 7) is 0.275. The number of carboxylic acids is 1. The molecule has 5 nitrogen and oxygen atoms in total. The number of aliphatic carboxylic acids is 1. The molecule has 2 rings (SSSR count). The molecule has 0 atom stereocenters. The van der Waals surface area contributed by atoms with E-state index < -0.39 is 11.5 Å². The van der Waals surface area contributed by atoms with Crippen molar-refractivity contribution in [1.29, 1.82) is 0 Å². The number of hydrogen-bond acceptors (Lipinski definition) is 3. The standard InChI is InChI=1S/C15H18FNO4/c16-11-4-1-5-12(10-11)21-9-2-6-13(18)17-15(14(19)20)7-3-8-15/h1,4-5,10H,2-3,6-9H2,(H,17,18)(H,19,20). The van der Waals surface area contributed by atoms with Crippen LogP contribution in [0.1, 0.15) is 32.1 Å². The average Bonchev–Trinajstić information content (AvgIpc) is 2.39. The maximum atomic E-state index is 12.9. The predicted molar refractivity (Wildman–Crippen MR) is 73.5 cm³/mol. The van der Waals surface area contributed by atoms with Crippen molar-refractivity contribution in [2.24, 2.45) is 0 Å². The van der Waals surface area contributed by atoms with Crippen LogP contribution in [0.25, 0.3) is 0 Å². The van der Waals surface area contributed by atoms with E-state index in [1.54, 1.807) is 12.1 Å². The first-order valence-electron chi connectivity index (χ1n) is 6.95. The molecule has 1 aromatic carbocycles. The second-order valence-corrected chi connectivity index (χ2v) is 5.20. The lowest BCUT2D eigenvalue weighted by Gasteiger charge is -2.38. The maximum Gasteiger partial charge on any atom is 0.329 e. The van der Waals surface area contributed by atoms with Crippen LogP contribution in [0.3, 0.4) is 0 Å². The van der Waals surface area contributed by atoms with Gasteiger partial charge in [0.05, 0.1) is 6.61 Å². The van der Waals surface area contributed by atoms with E-state index in [0.717, 1.165) is 6.42 Å². The Morgan fingerprint density at radius 1 is 1.38 bits per heavy atom. The molecule has 1 saturated carbocycles. The monoisotopic (exact) mass is 295 g/mol. The Hall–Kier alpha value is -2.11. The number of halogens is 1. The summed E-state index contributed by atoms with van der Waals surface area (Å²) >= 11 is 0. The highest BCUT2D eigenvalue weighted by atomic mass is 19.1. The number of benzene rings is 1. The first-order chi connectivity index (χ1) is 10.0. The second kappa shape index (κ2) is 6.56. The highest BCUT2D eigenvalue weighted by molar-refractivity contribution is 5.87.